The van der Waals surface area contributed by atoms with Crippen molar-refractivity contribution in [3.63, 3.8) is 0 Å². The van der Waals surface area contributed by atoms with Gasteiger partial charge in [-0.1, -0.05) is 29.8 Å². The molecule has 0 fully saturated rings. The summed E-state index contributed by atoms with van der Waals surface area (Å²) in [5, 5.41) is 5.65. The number of amides is 1. The van der Waals surface area contributed by atoms with Crippen LogP contribution in [-0.2, 0) is 6.42 Å². The second kappa shape index (κ2) is 6.63. The molecule has 1 atom stereocenters. The summed E-state index contributed by atoms with van der Waals surface area (Å²) in [5.41, 5.74) is 8.23. The maximum Gasteiger partial charge on any atom is 0.271 e. The van der Waals surface area contributed by atoms with E-state index < -0.39 is 0 Å². The van der Waals surface area contributed by atoms with Gasteiger partial charge in [0.25, 0.3) is 5.91 Å². The number of nitrogens with zero attached hydrogens (tertiary/aromatic N) is 1. The molecule has 0 aliphatic rings. The molecule has 1 aromatic carbocycles. The highest BCUT2D eigenvalue weighted by molar-refractivity contribution is 7.09. The Bertz CT molecular complexity index is 594. The van der Waals surface area contributed by atoms with Gasteiger partial charge in [-0.3, -0.25) is 4.79 Å². The molecule has 1 heterocycles. The molecule has 3 N–H and O–H groups in total. The summed E-state index contributed by atoms with van der Waals surface area (Å²) in [7, 11) is 0. The van der Waals surface area contributed by atoms with Crippen molar-refractivity contribution in [2.45, 2.75) is 26.3 Å². The molecule has 0 bridgehead atoms. The first-order valence-corrected chi connectivity index (χ1v) is 7.50. The van der Waals surface area contributed by atoms with Crippen molar-refractivity contribution in [3.8, 4) is 0 Å². The van der Waals surface area contributed by atoms with Crippen LogP contribution in [0.4, 0.5) is 0 Å². The summed E-state index contributed by atoms with van der Waals surface area (Å²) in [4.78, 5) is 16.4. The van der Waals surface area contributed by atoms with Gasteiger partial charge in [-0.25, -0.2) is 4.98 Å². The molecule has 0 saturated heterocycles. The van der Waals surface area contributed by atoms with Crippen LogP contribution in [-0.4, -0.2) is 17.4 Å². The van der Waals surface area contributed by atoms with Crippen molar-refractivity contribution in [3.05, 3.63) is 51.5 Å². The lowest BCUT2D eigenvalue weighted by Crippen LogP contribution is -2.27. The third kappa shape index (κ3) is 3.65. The molecule has 0 spiro atoms. The molecule has 106 valence electrons. The van der Waals surface area contributed by atoms with E-state index in [-0.39, 0.29) is 11.9 Å². The first-order chi connectivity index (χ1) is 9.60. The SMILES string of the molecule is Cc1cccc([C@@H](C)NC(=O)c2csc(CCN)n2)c1. The zero-order valence-electron chi connectivity index (χ0n) is 11.7. The van der Waals surface area contributed by atoms with Crippen LogP contribution in [0.25, 0.3) is 0 Å². The molecule has 0 aliphatic carbocycles. The van der Waals surface area contributed by atoms with Crippen LogP contribution in [0.3, 0.4) is 0 Å². The van der Waals surface area contributed by atoms with Gasteiger partial charge in [0.15, 0.2) is 0 Å². The Morgan fingerprint density at radius 3 is 3.00 bits per heavy atom. The number of nitrogens with two attached hydrogens (primary N) is 1. The van der Waals surface area contributed by atoms with Crippen molar-refractivity contribution in [1.82, 2.24) is 10.3 Å². The quantitative estimate of drug-likeness (QED) is 0.888. The standard InChI is InChI=1S/C15H19N3OS/c1-10-4-3-5-12(8-10)11(2)17-15(19)13-9-20-14(18-13)6-7-16/h3-5,8-9,11H,6-7,16H2,1-2H3,(H,17,19)/t11-/m1/s1. The predicted octanol–water partition coefficient (Wildman–Crippen LogP) is 2.44. The summed E-state index contributed by atoms with van der Waals surface area (Å²) >= 11 is 1.48. The third-order valence-corrected chi connectivity index (χ3v) is 3.94. The van der Waals surface area contributed by atoms with Crippen molar-refractivity contribution in [2.75, 3.05) is 6.54 Å². The average Bonchev–Trinajstić information content (AvgIpc) is 2.88. The van der Waals surface area contributed by atoms with Gasteiger partial charge in [-0.2, -0.15) is 0 Å². The first-order valence-electron chi connectivity index (χ1n) is 6.62. The number of benzene rings is 1. The van der Waals surface area contributed by atoms with Gasteiger partial charge in [0, 0.05) is 11.8 Å². The number of nitrogens with one attached hydrogen (secondary N) is 1. The molecular formula is C15H19N3OS. The van der Waals surface area contributed by atoms with Crippen LogP contribution >= 0.6 is 11.3 Å². The Morgan fingerprint density at radius 1 is 1.50 bits per heavy atom. The second-order valence-electron chi connectivity index (χ2n) is 4.77. The molecule has 1 aromatic heterocycles. The van der Waals surface area contributed by atoms with Crippen molar-refractivity contribution in [1.29, 1.82) is 0 Å². The number of hydrogen-bond donors (Lipinski definition) is 2. The Kier molecular flexibility index (Phi) is 4.87. The van der Waals surface area contributed by atoms with Crippen molar-refractivity contribution < 1.29 is 4.79 Å². The largest absolute Gasteiger partial charge is 0.344 e. The number of aromatic nitrogens is 1. The van der Waals surface area contributed by atoms with Crippen LogP contribution < -0.4 is 11.1 Å². The van der Waals surface area contributed by atoms with Crippen LogP contribution in [0.2, 0.25) is 0 Å². The van der Waals surface area contributed by atoms with E-state index >= 15 is 0 Å². The summed E-state index contributed by atoms with van der Waals surface area (Å²) in [6.45, 7) is 4.56. The van der Waals surface area contributed by atoms with E-state index in [4.69, 9.17) is 5.73 Å². The number of carbonyl (C=O) groups excluding carboxylic acids is 1. The van der Waals surface area contributed by atoms with E-state index in [0.717, 1.165) is 10.6 Å². The van der Waals surface area contributed by atoms with Crippen LogP contribution in [0.15, 0.2) is 29.6 Å². The fourth-order valence-corrected chi connectivity index (χ4v) is 2.74. The van der Waals surface area contributed by atoms with Gasteiger partial charge in [0.2, 0.25) is 0 Å². The topological polar surface area (TPSA) is 68.0 Å². The molecule has 2 rings (SSSR count). The Morgan fingerprint density at radius 2 is 2.30 bits per heavy atom. The van der Waals surface area contributed by atoms with Crippen molar-refractivity contribution >= 4 is 17.2 Å². The minimum Gasteiger partial charge on any atom is -0.344 e. The molecule has 4 nitrogen and oxygen atoms in total. The molecular weight excluding hydrogens is 270 g/mol. The van der Waals surface area contributed by atoms with Gasteiger partial charge in [-0.05, 0) is 26.0 Å². The summed E-state index contributed by atoms with van der Waals surface area (Å²) < 4.78 is 0. The first kappa shape index (κ1) is 14.7. The second-order valence-corrected chi connectivity index (χ2v) is 5.72. The van der Waals surface area contributed by atoms with Gasteiger partial charge >= 0.3 is 0 Å². The zero-order chi connectivity index (χ0) is 14.5. The maximum atomic E-state index is 12.1. The van der Waals surface area contributed by atoms with Crippen LogP contribution in [0.1, 0.15) is 39.6 Å². The normalized spacial score (nSPS) is 12.2. The lowest BCUT2D eigenvalue weighted by Gasteiger charge is -2.14. The van der Waals surface area contributed by atoms with E-state index in [1.165, 1.54) is 16.9 Å². The molecule has 0 unspecified atom stereocenters. The molecule has 0 saturated carbocycles. The predicted molar refractivity (Wildman–Crippen MR) is 81.9 cm³/mol. The van der Waals surface area contributed by atoms with Gasteiger partial charge < -0.3 is 11.1 Å². The van der Waals surface area contributed by atoms with E-state index in [9.17, 15) is 4.79 Å². The Hall–Kier alpha value is -1.72. The highest BCUT2D eigenvalue weighted by Crippen LogP contribution is 2.15. The summed E-state index contributed by atoms with van der Waals surface area (Å²) in [6, 6.07) is 8.08. The molecule has 0 radical (unpaired) electrons. The third-order valence-electron chi connectivity index (χ3n) is 3.03. The molecule has 20 heavy (non-hydrogen) atoms. The highest BCUT2D eigenvalue weighted by atomic mass is 32.1. The number of carbonyl (C=O) groups is 1. The number of thiazole rings is 1. The van der Waals surface area contributed by atoms with Gasteiger partial charge in [-0.15, -0.1) is 11.3 Å². The monoisotopic (exact) mass is 289 g/mol. The number of hydrogen-bond acceptors (Lipinski definition) is 4. The minimum atomic E-state index is -0.140. The lowest BCUT2D eigenvalue weighted by molar-refractivity contribution is 0.0935. The number of aryl methyl sites for hydroxylation is 1. The van der Waals surface area contributed by atoms with Crippen molar-refractivity contribution in [2.24, 2.45) is 5.73 Å². The summed E-state index contributed by atoms with van der Waals surface area (Å²) in [6.07, 6.45) is 0.714. The van der Waals surface area contributed by atoms with Gasteiger partial charge in [0.05, 0.1) is 11.0 Å². The molecule has 0 aliphatic heterocycles. The fraction of sp³-hybridized carbons (Fsp3) is 0.333. The number of rotatable bonds is 5. The summed E-state index contributed by atoms with van der Waals surface area (Å²) in [5.74, 6) is -0.140. The zero-order valence-corrected chi connectivity index (χ0v) is 12.5. The van der Waals surface area contributed by atoms with E-state index in [2.05, 4.69) is 16.4 Å². The molecule has 1 amide bonds. The Labute approximate surface area is 123 Å². The van der Waals surface area contributed by atoms with E-state index in [1.807, 2.05) is 32.0 Å². The highest BCUT2D eigenvalue weighted by Gasteiger charge is 2.14. The van der Waals surface area contributed by atoms with Gasteiger partial charge in [0.1, 0.15) is 5.69 Å². The van der Waals surface area contributed by atoms with Crippen LogP contribution in [0, 0.1) is 6.92 Å². The van der Waals surface area contributed by atoms with E-state index in [0.29, 0.717) is 18.7 Å². The smallest absolute Gasteiger partial charge is 0.271 e. The minimum absolute atomic E-state index is 0.0398. The van der Waals surface area contributed by atoms with Crippen LogP contribution in [0.5, 0.6) is 0 Å². The average molecular weight is 289 g/mol. The molecule has 2 aromatic rings. The Balaban J connectivity index is 2.03. The fourth-order valence-electron chi connectivity index (χ4n) is 1.95. The van der Waals surface area contributed by atoms with E-state index in [1.54, 1.807) is 5.38 Å². The molecule has 5 heteroatoms. The maximum absolute atomic E-state index is 12.1. The lowest BCUT2D eigenvalue weighted by atomic mass is 10.1.